The van der Waals surface area contributed by atoms with Gasteiger partial charge in [0.15, 0.2) is 0 Å². The molecule has 1 aliphatic rings. The summed E-state index contributed by atoms with van der Waals surface area (Å²) in [4.78, 5) is 15.8. The van der Waals surface area contributed by atoms with Crippen LogP contribution in [-0.4, -0.2) is 28.7 Å². The molecule has 2 atom stereocenters. The second-order valence-electron chi connectivity index (χ2n) is 4.69. The van der Waals surface area contributed by atoms with Crippen molar-refractivity contribution in [3.63, 3.8) is 0 Å². The third-order valence-corrected chi connectivity index (χ3v) is 3.16. The van der Waals surface area contributed by atoms with Gasteiger partial charge in [-0.1, -0.05) is 6.07 Å². The number of ether oxygens (including phenoxy) is 1. The topological polar surface area (TPSA) is 85.4 Å². The van der Waals surface area contributed by atoms with Gasteiger partial charge in [-0.05, 0) is 31.4 Å². The van der Waals surface area contributed by atoms with Gasteiger partial charge < -0.3 is 15.6 Å². The van der Waals surface area contributed by atoms with Gasteiger partial charge in [0.05, 0.1) is 18.7 Å². The number of aromatic nitrogens is 1. The van der Waals surface area contributed by atoms with Crippen LogP contribution in [0.25, 0.3) is 0 Å². The zero-order valence-electron chi connectivity index (χ0n) is 10.4. The van der Waals surface area contributed by atoms with E-state index in [2.05, 4.69) is 4.98 Å². The molecule has 1 aromatic heterocycles. The first kappa shape index (κ1) is 13.0. The highest BCUT2D eigenvalue weighted by molar-refractivity contribution is 5.71. The smallest absolute Gasteiger partial charge is 0.309 e. The van der Waals surface area contributed by atoms with Gasteiger partial charge in [0, 0.05) is 12.2 Å². The lowest BCUT2D eigenvalue weighted by molar-refractivity contribution is -0.150. The van der Waals surface area contributed by atoms with Crippen molar-refractivity contribution >= 4 is 5.97 Å². The molecule has 0 spiro atoms. The number of carbonyl (C=O) groups excluding carboxylic acids is 1. The van der Waals surface area contributed by atoms with Crippen LogP contribution in [0.15, 0.2) is 18.3 Å². The van der Waals surface area contributed by atoms with Crippen LogP contribution < -0.4 is 5.73 Å². The summed E-state index contributed by atoms with van der Waals surface area (Å²) < 4.78 is 4.89. The minimum Gasteiger partial charge on any atom is -0.466 e. The van der Waals surface area contributed by atoms with Crippen molar-refractivity contribution in [1.29, 1.82) is 0 Å². The molecule has 5 nitrogen and oxygen atoms in total. The molecule has 0 saturated heterocycles. The van der Waals surface area contributed by atoms with Crippen LogP contribution in [0.1, 0.15) is 31.0 Å². The van der Waals surface area contributed by atoms with E-state index in [1.54, 1.807) is 13.1 Å². The van der Waals surface area contributed by atoms with Crippen LogP contribution in [0.3, 0.4) is 0 Å². The van der Waals surface area contributed by atoms with E-state index >= 15 is 0 Å². The molecule has 0 saturated carbocycles. The summed E-state index contributed by atoms with van der Waals surface area (Å²) in [6, 6.07) is 3.53. The van der Waals surface area contributed by atoms with Crippen molar-refractivity contribution in [2.75, 3.05) is 6.61 Å². The van der Waals surface area contributed by atoms with Gasteiger partial charge in [0.25, 0.3) is 0 Å². The Morgan fingerprint density at radius 1 is 1.72 bits per heavy atom. The maximum Gasteiger partial charge on any atom is 0.309 e. The van der Waals surface area contributed by atoms with Crippen molar-refractivity contribution in [1.82, 2.24) is 4.98 Å². The number of fused-ring (bicyclic) bond motifs is 1. The molecular formula is C13H18N2O3. The Kier molecular flexibility index (Phi) is 3.63. The predicted molar refractivity (Wildman–Crippen MR) is 65.7 cm³/mol. The summed E-state index contributed by atoms with van der Waals surface area (Å²) in [5.74, 6) is -0.425. The van der Waals surface area contributed by atoms with E-state index in [-0.39, 0.29) is 12.5 Å². The zero-order chi connectivity index (χ0) is 13.2. The van der Waals surface area contributed by atoms with E-state index in [0.717, 1.165) is 5.56 Å². The quantitative estimate of drug-likeness (QED) is 0.763. The Labute approximate surface area is 106 Å². The summed E-state index contributed by atoms with van der Waals surface area (Å²) in [5.41, 5.74) is 6.09. The minimum atomic E-state index is -1.31. The van der Waals surface area contributed by atoms with Crippen molar-refractivity contribution in [3.05, 3.63) is 29.6 Å². The van der Waals surface area contributed by atoms with E-state index in [4.69, 9.17) is 10.5 Å². The Hall–Kier alpha value is -1.46. The lowest BCUT2D eigenvalue weighted by Gasteiger charge is -2.35. The van der Waals surface area contributed by atoms with Gasteiger partial charge in [-0.15, -0.1) is 0 Å². The van der Waals surface area contributed by atoms with Crippen LogP contribution in [0.5, 0.6) is 0 Å². The lowest BCUT2D eigenvalue weighted by Crippen LogP contribution is -2.43. The molecule has 0 fully saturated rings. The summed E-state index contributed by atoms with van der Waals surface area (Å²) in [7, 11) is 0. The molecule has 1 heterocycles. The van der Waals surface area contributed by atoms with E-state index in [1.165, 1.54) is 0 Å². The fourth-order valence-corrected chi connectivity index (χ4v) is 2.51. The third kappa shape index (κ3) is 2.52. The number of esters is 1. The Morgan fingerprint density at radius 2 is 2.50 bits per heavy atom. The van der Waals surface area contributed by atoms with Gasteiger partial charge in [-0.3, -0.25) is 9.78 Å². The summed E-state index contributed by atoms with van der Waals surface area (Å²) >= 11 is 0. The van der Waals surface area contributed by atoms with Crippen molar-refractivity contribution < 1.29 is 14.6 Å². The zero-order valence-corrected chi connectivity index (χ0v) is 10.4. The molecule has 18 heavy (non-hydrogen) atoms. The molecule has 0 amide bonds. The number of hydrogen-bond donors (Lipinski definition) is 2. The third-order valence-electron chi connectivity index (χ3n) is 3.16. The number of pyridine rings is 1. The van der Waals surface area contributed by atoms with E-state index in [9.17, 15) is 9.90 Å². The maximum atomic E-state index is 11.6. The number of nitrogens with two attached hydrogens (primary N) is 1. The second-order valence-corrected chi connectivity index (χ2v) is 4.69. The van der Waals surface area contributed by atoms with Crippen LogP contribution in [0.4, 0.5) is 0 Å². The Morgan fingerprint density at radius 3 is 3.22 bits per heavy atom. The largest absolute Gasteiger partial charge is 0.466 e. The number of nitrogens with zero attached hydrogens (tertiary/aromatic N) is 1. The normalized spacial score (nSPS) is 26.5. The highest BCUT2D eigenvalue weighted by Crippen LogP contribution is 2.36. The standard InChI is InChI=1S/C13H18N2O3/c1-2-18-11(16)8-13(17)7-10(14)6-9-4-3-5-15-12(9)13/h3-5,10,17H,2,6-8,14H2,1H3/t10-,13+/m0/s1. The van der Waals surface area contributed by atoms with Gasteiger partial charge in [-0.2, -0.15) is 0 Å². The predicted octanol–water partition coefficient (Wildman–Crippen LogP) is 0.496. The molecule has 1 aromatic rings. The van der Waals surface area contributed by atoms with Crippen LogP contribution in [0, 0.1) is 0 Å². The first-order valence-electron chi connectivity index (χ1n) is 6.13. The van der Waals surface area contributed by atoms with Crippen molar-refractivity contribution in [2.45, 2.75) is 37.8 Å². The van der Waals surface area contributed by atoms with Gasteiger partial charge in [0.2, 0.25) is 0 Å². The molecule has 3 N–H and O–H groups in total. The molecule has 1 aliphatic carbocycles. The summed E-state index contributed by atoms with van der Waals surface area (Å²) in [5, 5.41) is 10.6. The highest BCUT2D eigenvalue weighted by Gasteiger charge is 2.41. The van der Waals surface area contributed by atoms with Crippen molar-refractivity contribution in [2.24, 2.45) is 5.73 Å². The number of rotatable bonds is 3. The van der Waals surface area contributed by atoms with Crippen LogP contribution >= 0.6 is 0 Å². The molecule has 98 valence electrons. The second kappa shape index (κ2) is 5.04. The highest BCUT2D eigenvalue weighted by atomic mass is 16.5. The molecule has 5 heteroatoms. The number of carbonyl (C=O) groups is 1. The Bertz CT molecular complexity index is 450. The molecule has 0 unspecified atom stereocenters. The number of aliphatic hydroxyl groups is 1. The van der Waals surface area contributed by atoms with Crippen LogP contribution in [-0.2, 0) is 21.6 Å². The molecule has 0 aromatic carbocycles. The number of hydrogen-bond acceptors (Lipinski definition) is 5. The van der Waals surface area contributed by atoms with Gasteiger partial charge in [0.1, 0.15) is 5.60 Å². The average Bonchev–Trinajstić information content (AvgIpc) is 2.28. The Balaban J connectivity index is 2.29. The molecular weight excluding hydrogens is 232 g/mol. The molecule has 0 aliphatic heterocycles. The van der Waals surface area contributed by atoms with E-state index in [0.29, 0.717) is 25.1 Å². The first-order chi connectivity index (χ1) is 8.55. The van der Waals surface area contributed by atoms with Crippen LogP contribution in [0.2, 0.25) is 0 Å². The van der Waals surface area contributed by atoms with Crippen molar-refractivity contribution in [3.8, 4) is 0 Å². The molecule has 2 rings (SSSR count). The van der Waals surface area contributed by atoms with Gasteiger partial charge >= 0.3 is 5.97 Å². The molecule has 0 bridgehead atoms. The molecule has 0 radical (unpaired) electrons. The summed E-state index contributed by atoms with van der Waals surface area (Å²) in [6.07, 6.45) is 2.52. The maximum absolute atomic E-state index is 11.6. The van der Waals surface area contributed by atoms with E-state index in [1.807, 2.05) is 12.1 Å². The fourth-order valence-electron chi connectivity index (χ4n) is 2.51. The first-order valence-corrected chi connectivity index (χ1v) is 6.13. The monoisotopic (exact) mass is 250 g/mol. The lowest BCUT2D eigenvalue weighted by atomic mass is 9.78. The average molecular weight is 250 g/mol. The van der Waals surface area contributed by atoms with E-state index < -0.39 is 11.6 Å². The van der Waals surface area contributed by atoms with Gasteiger partial charge in [-0.25, -0.2) is 0 Å². The fraction of sp³-hybridized carbons (Fsp3) is 0.538. The summed E-state index contributed by atoms with van der Waals surface area (Å²) in [6.45, 7) is 2.04. The SMILES string of the molecule is CCOC(=O)C[C@]1(O)C[C@@H](N)Cc2cccnc21. The minimum absolute atomic E-state index is 0.0987.